The SMILES string of the molecule is CC1(C)O[C@H]2[C@H](n3cnc4c(NCc5cccc(I)c5)nc(Cl)nc43)O[C@H](CO)[C@@]2(C)O1. The number of anilines is 1. The van der Waals surface area contributed by atoms with Gasteiger partial charge in [-0.25, -0.2) is 4.98 Å². The number of hydrogen-bond acceptors (Lipinski definition) is 8. The molecular weight excluding hydrogens is 549 g/mol. The number of aromatic nitrogens is 4. The second-order valence-electron chi connectivity index (χ2n) is 8.57. The van der Waals surface area contributed by atoms with Crippen LogP contribution in [-0.2, 0) is 20.8 Å². The molecule has 4 heterocycles. The number of aliphatic hydroxyl groups is 1. The van der Waals surface area contributed by atoms with E-state index in [1.807, 2.05) is 39.0 Å². The monoisotopic (exact) mass is 571 g/mol. The fourth-order valence-electron chi connectivity index (χ4n) is 4.47. The average Bonchev–Trinajstić information content (AvgIpc) is 3.32. The molecule has 5 rings (SSSR count). The molecule has 2 aliphatic heterocycles. The van der Waals surface area contributed by atoms with Crippen LogP contribution in [-0.4, -0.2) is 54.8 Å². The van der Waals surface area contributed by atoms with Gasteiger partial charge in [-0.05, 0) is 72.7 Å². The summed E-state index contributed by atoms with van der Waals surface area (Å²) in [5, 5.41) is 13.3. The van der Waals surface area contributed by atoms with Gasteiger partial charge in [0.1, 0.15) is 17.8 Å². The van der Waals surface area contributed by atoms with Crippen molar-refractivity contribution in [1.29, 1.82) is 0 Å². The van der Waals surface area contributed by atoms with Crippen LogP contribution >= 0.6 is 34.2 Å². The van der Waals surface area contributed by atoms with Crippen molar-refractivity contribution in [3.05, 3.63) is 45.0 Å². The van der Waals surface area contributed by atoms with E-state index in [4.69, 9.17) is 25.8 Å². The number of benzene rings is 1. The summed E-state index contributed by atoms with van der Waals surface area (Å²) in [5.41, 5.74) is 1.37. The fraction of sp³-hybridized carbons (Fsp3) is 0.476. The molecule has 9 nitrogen and oxygen atoms in total. The largest absolute Gasteiger partial charge is 0.394 e. The molecule has 4 atom stereocenters. The average molecular weight is 572 g/mol. The first kappa shape index (κ1) is 22.2. The predicted octanol–water partition coefficient (Wildman–Crippen LogP) is 3.50. The first-order chi connectivity index (χ1) is 15.2. The molecule has 2 aliphatic rings. The number of nitrogens with zero attached hydrogens (tertiary/aromatic N) is 4. The van der Waals surface area contributed by atoms with Gasteiger partial charge in [-0.2, -0.15) is 9.97 Å². The summed E-state index contributed by atoms with van der Waals surface area (Å²) >= 11 is 8.55. The number of hydrogen-bond donors (Lipinski definition) is 2. The third-order valence-corrected chi connectivity index (χ3v) is 6.67. The minimum atomic E-state index is -0.818. The molecule has 0 bridgehead atoms. The molecule has 2 saturated heterocycles. The Balaban J connectivity index is 1.50. The maximum absolute atomic E-state index is 9.92. The molecule has 2 fully saturated rings. The van der Waals surface area contributed by atoms with Gasteiger partial charge in [0.2, 0.25) is 5.28 Å². The van der Waals surface area contributed by atoms with Gasteiger partial charge < -0.3 is 24.6 Å². The maximum Gasteiger partial charge on any atom is 0.226 e. The highest BCUT2D eigenvalue weighted by atomic mass is 127. The van der Waals surface area contributed by atoms with Gasteiger partial charge >= 0.3 is 0 Å². The van der Waals surface area contributed by atoms with E-state index in [0.29, 0.717) is 23.5 Å². The lowest BCUT2D eigenvalue weighted by Crippen LogP contribution is -2.45. The maximum atomic E-state index is 9.92. The highest BCUT2D eigenvalue weighted by Gasteiger charge is 2.64. The van der Waals surface area contributed by atoms with Crippen LogP contribution in [0.4, 0.5) is 5.82 Å². The number of imidazole rings is 1. The van der Waals surface area contributed by atoms with Crippen LogP contribution in [0.3, 0.4) is 0 Å². The van der Waals surface area contributed by atoms with Gasteiger partial charge in [0.15, 0.2) is 29.0 Å². The lowest BCUT2D eigenvalue weighted by Gasteiger charge is -2.28. The molecular formula is C21H23ClIN5O4. The van der Waals surface area contributed by atoms with Crippen molar-refractivity contribution in [2.24, 2.45) is 0 Å². The Hall–Kier alpha value is -1.57. The summed E-state index contributed by atoms with van der Waals surface area (Å²) < 4.78 is 21.4. The van der Waals surface area contributed by atoms with Gasteiger partial charge in [-0.1, -0.05) is 12.1 Å². The Bertz CT molecular complexity index is 1170. The first-order valence-electron chi connectivity index (χ1n) is 10.2. The molecule has 1 aromatic carbocycles. The highest BCUT2D eigenvalue weighted by molar-refractivity contribution is 14.1. The van der Waals surface area contributed by atoms with Crippen LogP contribution < -0.4 is 5.32 Å². The molecule has 170 valence electrons. The zero-order valence-corrected chi connectivity index (χ0v) is 20.7. The van der Waals surface area contributed by atoms with Crippen molar-refractivity contribution in [3.8, 4) is 0 Å². The normalized spacial score (nSPS) is 28.9. The second kappa shape index (κ2) is 8.03. The van der Waals surface area contributed by atoms with Crippen LogP contribution in [0.5, 0.6) is 0 Å². The number of rotatable bonds is 5. The van der Waals surface area contributed by atoms with Crippen LogP contribution in [0, 0.1) is 3.57 Å². The topological polar surface area (TPSA) is 104 Å². The summed E-state index contributed by atoms with van der Waals surface area (Å²) in [6, 6.07) is 8.17. The third-order valence-electron chi connectivity index (χ3n) is 5.83. The lowest BCUT2D eigenvalue weighted by molar-refractivity contribution is -0.214. The number of nitrogens with one attached hydrogen (secondary N) is 1. The summed E-state index contributed by atoms with van der Waals surface area (Å²) in [4.78, 5) is 13.3. The van der Waals surface area contributed by atoms with Crippen molar-refractivity contribution in [2.45, 2.75) is 57.1 Å². The molecule has 0 aliphatic carbocycles. The van der Waals surface area contributed by atoms with E-state index in [2.05, 4.69) is 48.9 Å². The summed E-state index contributed by atoms with van der Waals surface area (Å²) in [6.45, 7) is 5.95. The Morgan fingerprint density at radius 2 is 2.09 bits per heavy atom. The Kier molecular flexibility index (Phi) is 5.58. The quantitative estimate of drug-likeness (QED) is 0.354. The Morgan fingerprint density at radius 1 is 1.28 bits per heavy atom. The van der Waals surface area contributed by atoms with Crippen LogP contribution in [0.1, 0.15) is 32.6 Å². The van der Waals surface area contributed by atoms with Crippen LogP contribution in [0.15, 0.2) is 30.6 Å². The van der Waals surface area contributed by atoms with Gasteiger partial charge in [-0.15, -0.1) is 0 Å². The minimum absolute atomic E-state index is 0.0905. The molecule has 2 N–H and O–H groups in total. The highest BCUT2D eigenvalue weighted by Crippen LogP contribution is 2.50. The van der Waals surface area contributed by atoms with Gasteiger partial charge in [0.25, 0.3) is 0 Å². The molecule has 2 aromatic heterocycles. The number of aliphatic hydroxyl groups excluding tert-OH is 1. The molecule has 0 spiro atoms. The van der Waals surface area contributed by atoms with E-state index in [1.54, 1.807) is 10.9 Å². The third kappa shape index (κ3) is 3.76. The standard InChI is InChI=1S/C21H23ClIN5O4/c1-20(2)31-15-18(30-13(9-29)21(15,3)32-20)28-10-25-14-16(26-19(22)27-17(14)28)24-8-11-5-4-6-12(23)7-11/h4-7,10,13,15,18,29H,8-9H2,1-3H3,(H,24,26,27)/t13-,15+,18-,21-/m1/s1. The molecule has 3 aromatic rings. The van der Waals surface area contributed by atoms with Crippen LogP contribution in [0.25, 0.3) is 11.2 Å². The molecule has 32 heavy (non-hydrogen) atoms. The van der Waals surface area contributed by atoms with Crippen molar-refractivity contribution in [1.82, 2.24) is 19.5 Å². The van der Waals surface area contributed by atoms with E-state index >= 15 is 0 Å². The number of halogens is 2. The second-order valence-corrected chi connectivity index (χ2v) is 10.2. The molecule has 0 radical (unpaired) electrons. The molecule has 0 amide bonds. The van der Waals surface area contributed by atoms with E-state index in [1.165, 1.54) is 0 Å². The number of ether oxygens (including phenoxy) is 3. The van der Waals surface area contributed by atoms with E-state index < -0.39 is 29.8 Å². The molecule has 0 saturated carbocycles. The Morgan fingerprint density at radius 3 is 2.84 bits per heavy atom. The Labute approximate surface area is 203 Å². The lowest BCUT2D eigenvalue weighted by atomic mass is 9.95. The molecule has 0 unspecified atom stereocenters. The first-order valence-corrected chi connectivity index (χ1v) is 11.7. The summed E-state index contributed by atoms with van der Waals surface area (Å²) in [7, 11) is 0. The van der Waals surface area contributed by atoms with E-state index in [0.717, 1.165) is 9.13 Å². The minimum Gasteiger partial charge on any atom is -0.394 e. The molecule has 11 heteroatoms. The summed E-state index contributed by atoms with van der Waals surface area (Å²) in [5.74, 6) is -0.279. The zero-order valence-electron chi connectivity index (χ0n) is 17.7. The summed E-state index contributed by atoms with van der Waals surface area (Å²) in [6.07, 6.45) is 0.000435. The zero-order chi connectivity index (χ0) is 22.7. The van der Waals surface area contributed by atoms with Crippen molar-refractivity contribution in [3.63, 3.8) is 0 Å². The number of fused-ring (bicyclic) bond motifs is 2. The van der Waals surface area contributed by atoms with E-state index in [9.17, 15) is 5.11 Å². The van der Waals surface area contributed by atoms with Gasteiger partial charge in [-0.3, -0.25) is 4.57 Å². The van der Waals surface area contributed by atoms with Crippen molar-refractivity contribution >= 4 is 51.2 Å². The van der Waals surface area contributed by atoms with Gasteiger partial charge in [0.05, 0.1) is 12.9 Å². The fourth-order valence-corrected chi connectivity index (χ4v) is 5.24. The van der Waals surface area contributed by atoms with E-state index in [-0.39, 0.29) is 11.9 Å². The smallest absolute Gasteiger partial charge is 0.226 e. The van der Waals surface area contributed by atoms with Gasteiger partial charge in [0, 0.05) is 10.1 Å². The van der Waals surface area contributed by atoms with Crippen LogP contribution in [0.2, 0.25) is 5.28 Å². The van der Waals surface area contributed by atoms with Crippen molar-refractivity contribution in [2.75, 3.05) is 11.9 Å². The van der Waals surface area contributed by atoms with Crippen molar-refractivity contribution < 1.29 is 19.3 Å². The predicted molar refractivity (Wildman–Crippen MR) is 126 cm³/mol.